The third-order valence-electron chi connectivity index (χ3n) is 2.53. The summed E-state index contributed by atoms with van der Waals surface area (Å²) < 4.78 is 1.49. The number of nitrogens with zero attached hydrogens (tertiary/aromatic N) is 3. The minimum absolute atomic E-state index is 0.187. The Kier molecular flexibility index (Phi) is 2.02. The molecule has 2 rings (SSSR count). The number of terminal acetylenes is 1. The largest absolute Gasteiger partial charge is 0.374 e. The highest BCUT2D eigenvalue weighted by molar-refractivity contribution is 6.27. The van der Waals surface area contributed by atoms with Crippen LogP contribution in [0.2, 0.25) is 0 Å². The number of aliphatic hydroxyl groups is 1. The average molecular weight is 212 g/mol. The van der Waals surface area contributed by atoms with Crippen LogP contribution in [0.25, 0.3) is 0 Å². The third kappa shape index (κ3) is 1.39. The summed E-state index contributed by atoms with van der Waals surface area (Å²) in [7, 11) is 0. The van der Waals surface area contributed by atoms with Crippen LogP contribution < -0.4 is 0 Å². The number of rotatable bonds is 3. The summed E-state index contributed by atoms with van der Waals surface area (Å²) in [5.74, 6) is 2.35. The predicted octanol–water partition coefficient (Wildman–Crippen LogP) is 0.414. The van der Waals surface area contributed by atoms with E-state index in [0.29, 0.717) is 0 Å². The van der Waals surface area contributed by atoms with Gasteiger partial charge in [-0.2, -0.15) is 5.10 Å². The van der Waals surface area contributed by atoms with Crippen molar-refractivity contribution in [3.63, 3.8) is 0 Å². The first-order chi connectivity index (χ1) is 6.60. The Morgan fingerprint density at radius 2 is 2.43 bits per heavy atom. The number of hydrogen-bond acceptors (Lipinski definition) is 3. The molecule has 0 saturated heterocycles. The van der Waals surface area contributed by atoms with Crippen LogP contribution in [0.1, 0.15) is 12.8 Å². The van der Waals surface area contributed by atoms with E-state index in [4.69, 9.17) is 18.0 Å². The summed E-state index contributed by atoms with van der Waals surface area (Å²) in [6.07, 6.45) is 9.68. The van der Waals surface area contributed by atoms with Gasteiger partial charge in [0.2, 0.25) is 0 Å². The van der Waals surface area contributed by atoms with E-state index in [9.17, 15) is 5.11 Å². The number of hydrogen-bond donors (Lipinski definition) is 1. The molecule has 1 heterocycles. The molecule has 1 unspecified atom stereocenters. The van der Waals surface area contributed by atoms with Crippen molar-refractivity contribution in [2.45, 2.75) is 29.9 Å². The average Bonchev–Trinajstić information content (AvgIpc) is 2.74. The van der Waals surface area contributed by atoms with Crippen LogP contribution >= 0.6 is 11.6 Å². The quantitative estimate of drug-likeness (QED) is 0.582. The van der Waals surface area contributed by atoms with E-state index in [0.717, 1.165) is 12.8 Å². The molecule has 0 aliphatic heterocycles. The zero-order valence-corrected chi connectivity index (χ0v) is 8.28. The molecule has 14 heavy (non-hydrogen) atoms. The van der Waals surface area contributed by atoms with Gasteiger partial charge in [-0.15, -0.1) is 18.0 Å². The monoisotopic (exact) mass is 211 g/mol. The Balaban J connectivity index is 2.19. The van der Waals surface area contributed by atoms with E-state index in [1.165, 1.54) is 17.3 Å². The molecular formula is C9H10ClN3O. The van der Waals surface area contributed by atoms with Crippen LogP contribution in [0.15, 0.2) is 12.7 Å². The highest BCUT2D eigenvalue weighted by Crippen LogP contribution is 2.51. The SMILES string of the molecule is C#CC(O)(Cn1cncn1)C1(Cl)CC1. The maximum absolute atomic E-state index is 10.1. The molecule has 5 heteroatoms. The highest BCUT2D eigenvalue weighted by Gasteiger charge is 2.57. The van der Waals surface area contributed by atoms with Crippen molar-refractivity contribution in [1.82, 2.24) is 14.8 Å². The van der Waals surface area contributed by atoms with E-state index >= 15 is 0 Å². The zero-order chi connectivity index (χ0) is 10.2. The third-order valence-corrected chi connectivity index (χ3v) is 3.22. The number of aromatic nitrogens is 3. The van der Waals surface area contributed by atoms with Crippen LogP contribution in [0.3, 0.4) is 0 Å². The van der Waals surface area contributed by atoms with Gasteiger partial charge in [-0.25, -0.2) is 9.67 Å². The van der Waals surface area contributed by atoms with Crippen molar-refractivity contribution < 1.29 is 5.11 Å². The Hall–Kier alpha value is -1.05. The molecule has 0 radical (unpaired) electrons. The minimum atomic E-state index is -1.33. The zero-order valence-electron chi connectivity index (χ0n) is 7.52. The van der Waals surface area contributed by atoms with Gasteiger partial charge in [0, 0.05) is 0 Å². The Labute approximate surface area is 86.9 Å². The molecule has 1 N–H and O–H groups in total. The van der Waals surface area contributed by atoms with Crippen LogP contribution in [-0.2, 0) is 6.54 Å². The van der Waals surface area contributed by atoms with Crippen LogP contribution in [-0.4, -0.2) is 30.3 Å². The molecule has 4 nitrogen and oxygen atoms in total. The normalized spacial score (nSPS) is 22.4. The lowest BCUT2D eigenvalue weighted by Crippen LogP contribution is -2.43. The van der Waals surface area contributed by atoms with Gasteiger partial charge in [-0.05, 0) is 12.8 Å². The first-order valence-electron chi connectivity index (χ1n) is 4.31. The second-order valence-electron chi connectivity index (χ2n) is 3.56. The molecule has 1 aromatic heterocycles. The molecule has 1 aromatic rings. The van der Waals surface area contributed by atoms with Crippen molar-refractivity contribution in [3.05, 3.63) is 12.7 Å². The molecule has 0 amide bonds. The van der Waals surface area contributed by atoms with Gasteiger partial charge in [0.1, 0.15) is 12.7 Å². The Morgan fingerprint density at radius 1 is 1.71 bits per heavy atom. The number of halogens is 1. The summed E-state index contributed by atoms with van der Waals surface area (Å²) >= 11 is 6.11. The fourth-order valence-electron chi connectivity index (χ4n) is 1.39. The minimum Gasteiger partial charge on any atom is -0.374 e. The van der Waals surface area contributed by atoms with Crippen LogP contribution in [0.5, 0.6) is 0 Å². The first kappa shape index (κ1) is 9.50. The van der Waals surface area contributed by atoms with E-state index in [1.54, 1.807) is 0 Å². The van der Waals surface area contributed by atoms with Crippen molar-refractivity contribution in [1.29, 1.82) is 0 Å². The molecule has 1 aliphatic rings. The van der Waals surface area contributed by atoms with Gasteiger partial charge in [-0.3, -0.25) is 0 Å². The first-order valence-corrected chi connectivity index (χ1v) is 4.69. The lowest BCUT2D eigenvalue weighted by atomic mass is 9.98. The fraction of sp³-hybridized carbons (Fsp3) is 0.556. The molecule has 1 aliphatic carbocycles. The van der Waals surface area contributed by atoms with Gasteiger partial charge in [0.05, 0.1) is 11.4 Å². The van der Waals surface area contributed by atoms with Crippen molar-refractivity contribution in [3.8, 4) is 12.3 Å². The van der Waals surface area contributed by atoms with Crippen LogP contribution in [0.4, 0.5) is 0 Å². The maximum Gasteiger partial charge on any atom is 0.163 e. The summed E-state index contributed by atoms with van der Waals surface area (Å²) in [6, 6.07) is 0. The van der Waals surface area contributed by atoms with Gasteiger partial charge >= 0.3 is 0 Å². The van der Waals surface area contributed by atoms with Gasteiger partial charge in [0.15, 0.2) is 5.60 Å². The van der Waals surface area contributed by atoms with Crippen molar-refractivity contribution in [2.24, 2.45) is 0 Å². The molecule has 0 aromatic carbocycles. The summed E-state index contributed by atoms with van der Waals surface area (Å²) in [4.78, 5) is 3.10. The molecule has 0 bridgehead atoms. The lowest BCUT2D eigenvalue weighted by Gasteiger charge is -2.26. The Bertz CT molecular complexity index is 366. The van der Waals surface area contributed by atoms with Gasteiger partial charge < -0.3 is 5.11 Å². The molecule has 74 valence electrons. The number of alkyl halides is 1. The summed E-state index contributed by atoms with van der Waals surface area (Å²) in [5.41, 5.74) is -1.33. The molecule has 1 fully saturated rings. The van der Waals surface area contributed by atoms with E-state index in [-0.39, 0.29) is 6.54 Å². The Morgan fingerprint density at radius 3 is 2.86 bits per heavy atom. The topological polar surface area (TPSA) is 50.9 Å². The standard InChI is InChI=1S/C9H10ClN3O/c1-2-9(14,8(10)3-4-8)5-13-7-11-6-12-13/h1,6-7,14H,3-5H2. The smallest absolute Gasteiger partial charge is 0.163 e. The van der Waals surface area contributed by atoms with Crippen molar-refractivity contribution in [2.75, 3.05) is 0 Å². The molecular weight excluding hydrogens is 202 g/mol. The molecule has 1 saturated carbocycles. The summed E-state index contributed by atoms with van der Waals surface area (Å²) in [6.45, 7) is 0.187. The van der Waals surface area contributed by atoms with Gasteiger partial charge in [0.25, 0.3) is 0 Å². The lowest BCUT2D eigenvalue weighted by molar-refractivity contribution is 0.0657. The van der Waals surface area contributed by atoms with E-state index in [1.807, 2.05) is 0 Å². The van der Waals surface area contributed by atoms with Crippen LogP contribution in [0, 0.1) is 12.3 Å². The van der Waals surface area contributed by atoms with E-state index in [2.05, 4.69) is 16.0 Å². The molecule has 0 spiro atoms. The van der Waals surface area contributed by atoms with E-state index < -0.39 is 10.5 Å². The fourth-order valence-corrected chi connectivity index (χ4v) is 1.60. The maximum atomic E-state index is 10.1. The van der Waals surface area contributed by atoms with Gasteiger partial charge in [-0.1, -0.05) is 5.92 Å². The second-order valence-corrected chi connectivity index (χ2v) is 4.29. The predicted molar refractivity (Wildman–Crippen MR) is 51.6 cm³/mol. The second kappa shape index (κ2) is 2.97. The van der Waals surface area contributed by atoms with Crippen molar-refractivity contribution >= 4 is 11.6 Å². The summed E-state index contributed by atoms with van der Waals surface area (Å²) in [5, 5.41) is 14.0. The molecule has 1 atom stereocenters. The highest BCUT2D eigenvalue weighted by atomic mass is 35.5.